The fourth-order valence-corrected chi connectivity index (χ4v) is 4.80. The van der Waals surface area contributed by atoms with E-state index in [2.05, 4.69) is 10.1 Å². The molecule has 0 bridgehead atoms. The molecule has 0 aromatic carbocycles. The van der Waals surface area contributed by atoms with Crippen LogP contribution in [-0.4, -0.2) is 52.3 Å². The highest BCUT2D eigenvalue weighted by molar-refractivity contribution is 7.89. The number of nitrogens with zero attached hydrogens (tertiary/aromatic N) is 4. The van der Waals surface area contributed by atoms with Crippen LogP contribution in [0.5, 0.6) is 0 Å². The maximum atomic E-state index is 13.0. The smallest absolute Gasteiger partial charge is 0.244 e. The fourth-order valence-electron chi connectivity index (χ4n) is 3.16. The first-order valence-corrected chi connectivity index (χ1v) is 9.01. The van der Waals surface area contributed by atoms with E-state index in [4.69, 9.17) is 4.74 Å². The molecular weight excluding hydrogens is 316 g/mol. The van der Waals surface area contributed by atoms with E-state index < -0.39 is 15.6 Å². The van der Waals surface area contributed by atoms with Gasteiger partial charge in [-0.15, -0.1) is 0 Å². The second-order valence-electron chi connectivity index (χ2n) is 6.74. The first-order chi connectivity index (χ1) is 10.6. The molecule has 2 aromatic heterocycles. The van der Waals surface area contributed by atoms with Gasteiger partial charge < -0.3 is 4.74 Å². The molecule has 0 N–H and O–H groups in total. The quantitative estimate of drug-likeness (QED) is 0.828. The molecule has 1 aliphatic heterocycles. The third-order valence-electron chi connectivity index (χ3n) is 4.01. The summed E-state index contributed by atoms with van der Waals surface area (Å²) in [6.07, 6.45) is 1.26. The highest BCUT2D eigenvalue weighted by Gasteiger charge is 2.38. The summed E-state index contributed by atoms with van der Waals surface area (Å²) >= 11 is 0. The third kappa shape index (κ3) is 2.86. The normalized spacial score (nSPS) is 22.6. The van der Waals surface area contributed by atoms with Crippen LogP contribution in [0.25, 0.3) is 11.0 Å². The van der Waals surface area contributed by atoms with Gasteiger partial charge in [-0.1, -0.05) is 0 Å². The lowest BCUT2D eigenvalue weighted by molar-refractivity contribution is -0.109. The van der Waals surface area contributed by atoms with Crippen LogP contribution in [0.1, 0.15) is 26.5 Å². The van der Waals surface area contributed by atoms with Gasteiger partial charge in [0, 0.05) is 31.7 Å². The van der Waals surface area contributed by atoms with E-state index in [-0.39, 0.29) is 11.0 Å². The van der Waals surface area contributed by atoms with Gasteiger partial charge in [0.2, 0.25) is 10.0 Å². The minimum atomic E-state index is -3.61. The summed E-state index contributed by atoms with van der Waals surface area (Å²) in [5.41, 5.74) is 0.937. The van der Waals surface area contributed by atoms with E-state index in [9.17, 15) is 8.42 Å². The molecule has 0 aliphatic carbocycles. The summed E-state index contributed by atoms with van der Waals surface area (Å²) in [5.74, 6) is 0. The Hall–Kier alpha value is -1.51. The first-order valence-electron chi connectivity index (χ1n) is 7.57. The lowest BCUT2D eigenvalue weighted by atomic mass is 10.1. The Morgan fingerprint density at radius 3 is 2.74 bits per heavy atom. The number of sulfonamides is 1. The maximum absolute atomic E-state index is 13.0. The highest BCUT2D eigenvalue weighted by Crippen LogP contribution is 2.27. The molecule has 0 amide bonds. The van der Waals surface area contributed by atoms with Crippen molar-refractivity contribution in [2.75, 3.05) is 13.1 Å². The van der Waals surface area contributed by atoms with Crippen molar-refractivity contribution in [1.82, 2.24) is 19.1 Å². The van der Waals surface area contributed by atoms with Gasteiger partial charge in [0.15, 0.2) is 5.65 Å². The van der Waals surface area contributed by atoms with Gasteiger partial charge in [0.05, 0.1) is 17.4 Å². The Labute approximate surface area is 136 Å². The number of hydrogen-bond donors (Lipinski definition) is 0. The minimum absolute atomic E-state index is 0.148. The van der Waals surface area contributed by atoms with Crippen LogP contribution in [0.3, 0.4) is 0 Å². The number of morpholine rings is 1. The van der Waals surface area contributed by atoms with Crippen LogP contribution in [0.2, 0.25) is 0 Å². The van der Waals surface area contributed by atoms with Crippen molar-refractivity contribution in [3.8, 4) is 0 Å². The van der Waals surface area contributed by atoms with Crippen molar-refractivity contribution < 1.29 is 13.2 Å². The lowest BCUT2D eigenvalue weighted by Gasteiger charge is -2.40. The summed E-state index contributed by atoms with van der Waals surface area (Å²) in [4.78, 5) is 4.48. The van der Waals surface area contributed by atoms with Gasteiger partial charge >= 0.3 is 0 Å². The van der Waals surface area contributed by atoms with E-state index in [0.717, 1.165) is 11.1 Å². The maximum Gasteiger partial charge on any atom is 0.244 e. The van der Waals surface area contributed by atoms with E-state index in [1.807, 2.05) is 27.7 Å². The standard InChI is InChI=1S/C15H22N4O3S/c1-10-8-19(9-15(3,4)22-10)23(20,21)12-6-13-11(2)17-18(5)14(13)16-7-12/h6-7,10H,8-9H2,1-5H3/t10-/m1/s1. The zero-order valence-electron chi connectivity index (χ0n) is 14.1. The SMILES string of the molecule is Cc1nn(C)c2ncc(S(=O)(=O)N3C[C@@H](C)OC(C)(C)C3)cc12. The largest absolute Gasteiger partial charge is 0.370 e. The molecule has 0 radical (unpaired) electrons. The van der Waals surface area contributed by atoms with Crippen LogP contribution in [0, 0.1) is 6.92 Å². The van der Waals surface area contributed by atoms with Crippen LogP contribution in [0.15, 0.2) is 17.2 Å². The zero-order valence-corrected chi connectivity index (χ0v) is 14.9. The van der Waals surface area contributed by atoms with Gasteiger partial charge in [0.1, 0.15) is 4.90 Å². The second-order valence-corrected chi connectivity index (χ2v) is 8.67. The van der Waals surface area contributed by atoms with Crippen molar-refractivity contribution >= 4 is 21.1 Å². The number of aromatic nitrogens is 3. The molecule has 1 saturated heterocycles. The molecule has 2 aromatic rings. The van der Waals surface area contributed by atoms with Crippen molar-refractivity contribution in [2.45, 2.75) is 44.3 Å². The van der Waals surface area contributed by atoms with E-state index in [0.29, 0.717) is 18.7 Å². The molecule has 23 heavy (non-hydrogen) atoms. The van der Waals surface area contributed by atoms with E-state index in [1.165, 1.54) is 10.5 Å². The van der Waals surface area contributed by atoms with Gasteiger partial charge in [-0.25, -0.2) is 13.4 Å². The Balaban J connectivity index is 2.04. The molecule has 1 fully saturated rings. The summed E-state index contributed by atoms with van der Waals surface area (Å²) in [6.45, 7) is 8.20. The Kier molecular flexibility index (Phi) is 3.74. The van der Waals surface area contributed by atoms with Gasteiger partial charge in [-0.2, -0.15) is 9.40 Å². The monoisotopic (exact) mass is 338 g/mol. The molecular formula is C15H22N4O3S. The average Bonchev–Trinajstić information content (AvgIpc) is 2.71. The number of hydrogen-bond acceptors (Lipinski definition) is 5. The minimum Gasteiger partial charge on any atom is -0.370 e. The molecule has 7 nitrogen and oxygen atoms in total. The molecule has 0 unspecified atom stereocenters. The Morgan fingerprint density at radius 1 is 1.39 bits per heavy atom. The molecule has 0 spiro atoms. The van der Waals surface area contributed by atoms with Crippen molar-refractivity contribution in [1.29, 1.82) is 0 Å². The van der Waals surface area contributed by atoms with E-state index >= 15 is 0 Å². The predicted molar refractivity (Wildman–Crippen MR) is 86.6 cm³/mol. The van der Waals surface area contributed by atoms with Crippen LogP contribution < -0.4 is 0 Å². The average molecular weight is 338 g/mol. The summed E-state index contributed by atoms with van der Waals surface area (Å²) in [6, 6.07) is 1.66. The van der Waals surface area contributed by atoms with E-state index in [1.54, 1.807) is 17.8 Å². The molecule has 0 saturated carbocycles. The van der Waals surface area contributed by atoms with Crippen LogP contribution >= 0.6 is 0 Å². The van der Waals surface area contributed by atoms with Crippen molar-refractivity contribution in [2.24, 2.45) is 7.05 Å². The Morgan fingerprint density at radius 2 is 2.09 bits per heavy atom. The Bertz CT molecular complexity index is 857. The first kappa shape index (κ1) is 16.4. The summed E-state index contributed by atoms with van der Waals surface area (Å²) in [5, 5.41) is 5.05. The van der Waals surface area contributed by atoms with Crippen molar-refractivity contribution in [3.05, 3.63) is 18.0 Å². The molecule has 8 heteroatoms. The van der Waals surface area contributed by atoms with Gasteiger partial charge in [0.25, 0.3) is 0 Å². The van der Waals surface area contributed by atoms with Crippen molar-refractivity contribution in [3.63, 3.8) is 0 Å². The molecule has 1 atom stereocenters. The van der Waals surface area contributed by atoms with Crippen LogP contribution in [0.4, 0.5) is 0 Å². The predicted octanol–water partition coefficient (Wildman–Crippen LogP) is 1.46. The number of rotatable bonds is 2. The lowest BCUT2D eigenvalue weighted by Crippen LogP contribution is -2.53. The molecule has 126 valence electrons. The summed E-state index contributed by atoms with van der Waals surface area (Å²) < 4.78 is 34.9. The van der Waals surface area contributed by atoms with Gasteiger partial charge in [-0.05, 0) is 33.8 Å². The zero-order chi connectivity index (χ0) is 17.0. The molecule has 3 heterocycles. The second kappa shape index (κ2) is 5.25. The number of aryl methyl sites for hydroxylation is 2. The van der Waals surface area contributed by atoms with Crippen LogP contribution in [-0.2, 0) is 21.8 Å². The third-order valence-corrected chi connectivity index (χ3v) is 5.79. The highest BCUT2D eigenvalue weighted by atomic mass is 32.2. The molecule has 3 rings (SSSR count). The summed E-state index contributed by atoms with van der Waals surface area (Å²) in [7, 11) is -1.82. The number of pyridine rings is 1. The van der Waals surface area contributed by atoms with Gasteiger partial charge in [-0.3, -0.25) is 4.68 Å². The number of ether oxygens (including phenoxy) is 1. The molecule has 1 aliphatic rings. The fraction of sp³-hybridized carbons (Fsp3) is 0.600. The topological polar surface area (TPSA) is 77.3 Å². The number of fused-ring (bicyclic) bond motifs is 1.